The lowest BCUT2D eigenvalue weighted by molar-refractivity contribution is 0.0505. The van der Waals surface area contributed by atoms with Crippen LogP contribution in [0, 0.1) is 0 Å². The van der Waals surface area contributed by atoms with E-state index in [2.05, 4.69) is 4.72 Å². The molecule has 0 saturated heterocycles. The molecule has 0 aliphatic carbocycles. The number of ketones is 1. The first kappa shape index (κ1) is 18.7. The second-order valence-electron chi connectivity index (χ2n) is 5.40. The van der Waals surface area contributed by atoms with Gasteiger partial charge in [0.1, 0.15) is 0 Å². The van der Waals surface area contributed by atoms with Crippen molar-refractivity contribution in [3.05, 3.63) is 59.7 Å². The number of carbonyl (C=O) groups is 2. The molecule has 0 bridgehead atoms. The van der Waals surface area contributed by atoms with Crippen LogP contribution in [0.4, 0.5) is 5.69 Å². The zero-order valence-electron chi connectivity index (χ0n) is 14.0. The molecule has 0 atom stereocenters. The smallest absolute Gasteiger partial charge is 0.338 e. The third-order valence-electron chi connectivity index (χ3n) is 3.36. The number of anilines is 1. The van der Waals surface area contributed by atoms with E-state index in [1.807, 2.05) is 6.92 Å². The molecule has 0 amide bonds. The van der Waals surface area contributed by atoms with E-state index in [-0.39, 0.29) is 10.7 Å². The van der Waals surface area contributed by atoms with Gasteiger partial charge in [0.15, 0.2) is 5.78 Å². The fourth-order valence-corrected chi connectivity index (χ4v) is 3.15. The topological polar surface area (TPSA) is 89.5 Å². The lowest BCUT2D eigenvalue weighted by Crippen LogP contribution is -2.14. The molecule has 2 rings (SSSR count). The summed E-state index contributed by atoms with van der Waals surface area (Å²) in [7, 11) is -3.84. The molecule has 25 heavy (non-hydrogen) atoms. The maximum atomic E-state index is 12.4. The number of carbonyl (C=O) groups excluding carboxylic acids is 2. The number of Topliss-reactive ketones (excluding diaryl/α,β-unsaturated/α-hetero) is 1. The summed E-state index contributed by atoms with van der Waals surface area (Å²) in [5.41, 5.74) is 0.965. The first-order valence-corrected chi connectivity index (χ1v) is 9.23. The number of benzene rings is 2. The number of ether oxygens (including phenoxy) is 1. The van der Waals surface area contributed by atoms with Gasteiger partial charge in [-0.05, 0) is 49.7 Å². The van der Waals surface area contributed by atoms with E-state index in [0.717, 1.165) is 6.42 Å². The molecule has 0 aromatic heterocycles. The van der Waals surface area contributed by atoms with Crippen LogP contribution >= 0.6 is 0 Å². The zero-order chi connectivity index (χ0) is 18.4. The third-order valence-corrected chi connectivity index (χ3v) is 4.74. The highest BCUT2D eigenvalue weighted by atomic mass is 32.2. The summed E-state index contributed by atoms with van der Waals surface area (Å²) in [6.07, 6.45) is 0.725. The predicted octanol–water partition coefficient (Wildman–Crippen LogP) is 3.26. The number of hydrogen-bond acceptors (Lipinski definition) is 5. The zero-order valence-corrected chi connectivity index (χ0v) is 14.8. The summed E-state index contributed by atoms with van der Waals surface area (Å²) in [4.78, 5) is 23.1. The molecule has 0 aliphatic rings. The van der Waals surface area contributed by atoms with Crippen LogP contribution < -0.4 is 4.72 Å². The first-order valence-electron chi connectivity index (χ1n) is 7.74. The van der Waals surface area contributed by atoms with Crippen molar-refractivity contribution in [3.8, 4) is 0 Å². The maximum absolute atomic E-state index is 12.4. The van der Waals surface area contributed by atoms with Gasteiger partial charge in [0, 0.05) is 11.3 Å². The number of hydrogen-bond donors (Lipinski definition) is 1. The van der Waals surface area contributed by atoms with Crippen molar-refractivity contribution in [3.63, 3.8) is 0 Å². The van der Waals surface area contributed by atoms with Crippen molar-refractivity contribution in [1.82, 2.24) is 0 Å². The SMILES string of the molecule is CCCOC(=O)c1ccc(NS(=O)(=O)c2cccc(C(C)=O)c2)cc1. The van der Waals surface area contributed by atoms with E-state index in [4.69, 9.17) is 4.74 Å². The van der Waals surface area contributed by atoms with Gasteiger partial charge in [-0.1, -0.05) is 19.1 Å². The van der Waals surface area contributed by atoms with Gasteiger partial charge in [0.25, 0.3) is 10.0 Å². The van der Waals surface area contributed by atoms with Crippen LogP contribution in [0.5, 0.6) is 0 Å². The molecule has 0 aliphatic heterocycles. The summed E-state index contributed by atoms with van der Waals surface area (Å²) < 4.78 is 32.3. The summed E-state index contributed by atoms with van der Waals surface area (Å²) in [6, 6.07) is 11.7. The Morgan fingerprint density at radius 3 is 2.32 bits per heavy atom. The summed E-state index contributed by atoms with van der Waals surface area (Å²) in [6.45, 7) is 3.60. The second-order valence-corrected chi connectivity index (χ2v) is 7.09. The Balaban J connectivity index is 2.17. The van der Waals surface area contributed by atoms with E-state index in [1.54, 1.807) is 6.07 Å². The van der Waals surface area contributed by atoms with Crippen LogP contribution in [-0.2, 0) is 14.8 Å². The van der Waals surface area contributed by atoms with Gasteiger partial charge in [-0.25, -0.2) is 13.2 Å². The largest absolute Gasteiger partial charge is 0.462 e. The minimum absolute atomic E-state index is 0.00775. The lowest BCUT2D eigenvalue weighted by Gasteiger charge is -2.09. The van der Waals surface area contributed by atoms with E-state index in [0.29, 0.717) is 23.4 Å². The Kier molecular flexibility index (Phi) is 5.93. The molecule has 0 spiro atoms. The fraction of sp³-hybridized carbons (Fsp3) is 0.222. The Hall–Kier alpha value is -2.67. The number of sulfonamides is 1. The van der Waals surface area contributed by atoms with Gasteiger partial charge < -0.3 is 4.74 Å². The number of nitrogens with one attached hydrogen (secondary N) is 1. The minimum Gasteiger partial charge on any atom is -0.462 e. The molecule has 0 heterocycles. The van der Waals surface area contributed by atoms with Gasteiger partial charge in [-0.3, -0.25) is 9.52 Å². The van der Waals surface area contributed by atoms with E-state index in [1.165, 1.54) is 49.4 Å². The molecule has 0 saturated carbocycles. The molecular weight excluding hydrogens is 342 g/mol. The summed E-state index contributed by atoms with van der Waals surface area (Å²) >= 11 is 0. The predicted molar refractivity (Wildman–Crippen MR) is 94.3 cm³/mol. The molecule has 132 valence electrons. The van der Waals surface area contributed by atoms with Gasteiger partial charge in [0.05, 0.1) is 17.1 Å². The van der Waals surface area contributed by atoms with Crippen molar-refractivity contribution in [2.45, 2.75) is 25.2 Å². The van der Waals surface area contributed by atoms with Crippen LogP contribution in [0.3, 0.4) is 0 Å². The van der Waals surface area contributed by atoms with Crippen molar-refractivity contribution in [2.75, 3.05) is 11.3 Å². The Morgan fingerprint density at radius 1 is 1.04 bits per heavy atom. The van der Waals surface area contributed by atoms with E-state index >= 15 is 0 Å². The van der Waals surface area contributed by atoms with Crippen molar-refractivity contribution < 1.29 is 22.7 Å². The van der Waals surface area contributed by atoms with Crippen LogP contribution in [0.15, 0.2) is 53.4 Å². The maximum Gasteiger partial charge on any atom is 0.338 e. The Bertz CT molecular complexity index is 873. The molecule has 2 aromatic rings. The summed E-state index contributed by atoms with van der Waals surface area (Å²) in [5, 5.41) is 0. The molecule has 0 radical (unpaired) electrons. The molecule has 1 N–H and O–H groups in total. The van der Waals surface area contributed by atoms with Gasteiger partial charge in [0.2, 0.25) is 0 Å². The quantitative estimate of drug-likeness (QED) is 0.604. The third kappa shape index (κ3) is 4.90. The normalized spacial score (nSPS) is 11.0. The second kappa shape index (κ2) is 7.94. The lowest BCUT2D eigenvalue weighted by atomic mass is 10.2. The first-order chi connectivity index (χ1) is 11.8. The highest BCUT2D eigenvalue weighted by Crippen LogP contribution is 2.18. The highest BCUT2D eigenvalue weighted by Gasteiger charge is 2.16. The van der Waals surface area contributed by atoms with Gasteiger partial charge in [-0.15, -0.1) is 0 Å². The van der Waals surface area contributed by atoms with E-state index < -0.39 is 16.0 Å². The average Bonchev–Trinajstić information content (AvgIpc) is 2.60. The van der Waals surface area contributed by atoms with Crippen LogP contribution in [0.2, 0.25) is 0 Å². The Morgan fingerprint density at radius 2 is 1.72 bits per heavy atom. The molecule has 0 unspecified atom stereocenters. The van der Waals surface area contributed by atoms with Crippen LogP contribution in [0.25, 0.3) is 0 Å². The number of esters is 1. The highest BCUT2D eigenvalue weighted by molar-refractivity contribution is 7.92. The molecular formula is C18H19NO5S. The van der Waals surface area contributed by atoms with Gasteiger partial charge in [-0.2, -0.15) is 0 Å². The van der Waals surface area contributed by atoms with Gasteiger partial charge >= 0.3 is 5.97 Å². The van der Waals surface area contributed by atoms with Crippen molar-refractivity contribution in [2.24, 2.45) is 0 Å². The standard InChI is InChI=1S/C18H19NO5S/c1-3-11-24-18(21)14-7-9-16(10-8-14)19-25(22,23)17-6-4-5-15(12-17)13(2)20/h4-10,12,19H,3,11H2,1-2H3. The van der Waals surface area contributed by atoms with Crippen molar-refractivity contribution in [1.29, 1.82) is 0 Å². The van der Waals surface area contributed by atoms with E-state index in [9.17, 15) is 18.0 Å². The van der Waals surface area contributed by atoms with Crippen LogP contribution in [-0.4, -0.2) is 26.8 Å². The fourth-order valence-electron chi connectivity index (χ4n) is 2.05. The molecule has 6 nitrogen and oxygen atoms in total. The molecule has 7 heteroatoms. The minimum atomic E-state index is -3.84. The molecule has 0 fully saturated rings. The summed E-state index contributed by atoms with van der Waals surface area (Å²) in [5.74, 6) is -0.669. The monoisotopic (exact) mass is 361 g/mol. The van der Waals surface area contributed by atoms with Crippen LogP contribution in [0.1, 0.15) is 41.0 Å². The average molecular weight is 361 g/mol. The van der Waals surface area contributed by atoms with Crippen molar-refractivity contribution >= 4 is 27.5 Å². The molecule has 2 aromatic carbocycles. The number of rotatable bonds is 7. The Labute approximate surface area is 146 Å².